The van der Waals surface area contributed by atoms with Gasteiger partial charge in [0.05, 0.1) is 41.8 Å². The molecule has 0 fully saturated rings. The summed E-state index contributed by atoms with van der Waals surface area (Å²) in [5.74, 6) is 0. The van der Waals surface area contributed by atoms with Crippen molar-refractivity contribution in [1.29, 1.82) is 0 Å². The number of aliphatic hydroxyl groups excluding tert-OH is 3. The van der Waals surface area contributed by atoms with E-state index >= 15 is 0 Å². The topological polar surface area (TPSA) is 90.5 Å². The monoisotopic (exact) mass is 263 g/mol. The number of hydrogen-bond acceptors (Lipinski definition) is 5. The highest BCUT2D eigenvalue weighted by Crippen LogP contribution is 2.19. The van der Waals surface area contributed by atoms with Crippen LogP contribution in [0.2, 0.25) is 5.02 Å². The SMILES string of the molecule is Cc1nn(C)c(CNC(CO)(CO)CO)c1Cl. The molecule has 0 atom stereocenters. The maximum atomic E-state index is 9.16. The highest BCUT2D eigenvalue weighted by atomic mass is 35.5. The number of aliphatic hydroxyl groups is 3. The van der Waals surface area contributed by atoms with Gasteiger partial charge in [-0.3, -0.25) is 10.00 Å². The lowest BCUT2D eigenvalue weighted by atomic mass is 10.0. The summed E-state index contributed by atoms with van der Waals surface area (Å²) >= 11 is 6.06. The number of rotatable bonds is 6. The van der Waals surface area contributed by atoms with Crippen molar-refractivity contribution < 1.29 is 15.3 Å². The molecule has 4 N–H and O–H groups in total. The molecule has 0 bridgehead atoms. The highest BCUT2D eigenvalue weighted by Gasteiger charge is 2.28. The summed E-state index contributed by atoms with van der Waals surface area (Å²) in [6, 6.07) is 0. The van der Waals surface area contributed by atoms with Crippen LogP contribution < -0.4 is 5.32 Å². The smallest absolute Gasteiger partial charge is 0.0884 e. The zero-order valence-corrected chi connectivity index (χ0v) is 10.7. The third kappa shape index (κ3) is 2.97. The van der Waals surface area contributed by atoms with Crippen LogP contribution in [0.25, 0.3) is 0 Å². The minimum Gasteiger partial charge on any atom is -0.394 e. The maximum absolute atomic E-state index is 9.16. The Kier molecular flexibility index (Phi) is 4.91. The summed E-state index contributed by atoms with van der Waals surface area (Å²) in [6.07, 6.45) is 0. The molecule has 0 spiro atoms. The fraction of sp³-hybridized carbons (Fsp3) is 0.700. The van der Waals surface area contributed by atoms with Crippen molar-refractivity contribution in [2.24, 2.45) is 7.05 Å². The molecule has 7 heteroatoms. The molecule has 0 saturated carbocycles. The first-order valence-electron chi connectivity index (χ1n) is 5.25. The number of halogens is 1. The van der Waals surface area contributed by atoms with Gasteiger partial charge in [0.2, 0.25) is 0 Å². The Bertz CT molecular complexity index is 369. The lowest BCUT2D eigenvalue weighted by Crippen LogP contribution is -2.54. The van der Waals surface area contributed by atoms with Gasteiger partial charge in [-0.15, -0.1) is 0 Å². The molecule has 0 unspecified atom stereocenters. The van der Waals surface area contributed by atoms with Crippen molar-refractivity contribution in [1.82, 2.24) is 15.1 Å². The molecule has 1 heterocycles. The molecular weight excluding hydrogens is 246 g/mol. The fourth-order valence-electron chi connectivity index (χ4n) is 1.46. The van der Waals surface area contributed by atoms with E-state index in [9.17, 15) is 0 Å². The Hall–Kier alpha value is -0.660. The molecule has 0 aliphatic rings. The summed E-state index contributed by atoms with van der Waals surface area (Å²) < 4.78 is 1.63. The minimum atomic E-state index is -1.11. The molecule has 1 aromatic rings. The number of nitrogens with one attached hydrogen (secondary N) is 1. The van der Waals surface area contributed by atoms with Gasteiger partial charge in [-0.1, -0.05) is 11.6 Å². The zero-order valence-electron chi connectivity index (χ0n) is 9.94. The van der Waals surface area contributed by atoms with E-state index < -0.39 is 5.54 Å². The first kappa shape index (κ1) is 14.4. The van der Waals surface area contributed by atoms with E-state index in [1.165, 1.54) is 0 Å². The van der Waals surface area contributed by atoms with Crippen molar-refractivity contribution in [2.75, 3.05) is 19.8 Å². The van der Waals surface area contributed by atoms with Crippen LogP contribution in [0.4, 0.5) is 0 Å². The van der Waals surface area contributed by atoms with Crippen LogP contribution >= 0.6 is 11.6 Å². The van der Waals surface area contributed by atoms with Gasteiger partial charge >= 0.3 is 0 Å². The lowest BCUT2D eigenvalue weighted by Gasteiger charge is -2.28. The molecule has 1 rings (SSSR count). The van der Waals surface area contributed by atoms with Crippen molar-refractivity contribution in [2.45, 2.75) is 19.0 Å². The molecule has 0 aromatic carbocycles. The van der Waals surface area contributed by atoms with E-state index in [2.05, 4.69) is 10.4 Å². The summed E-state index contributed by atoms with van der Waals surface area (Å²) in [7, 11) is 1.76. The largest absolute Gasteiger partial charge is 0.394 e. The number of nitrogens with zero attached hydrogens (tertiary/aromatic N) is 2. The van der Waals surface area contributed by atoms with Crippen LogP contribution in [0.1, 0.15) is 11.4 Å². The summed E-state index contributed by atoms with van der Waals surface area (Å²) in [6.45, 7) is 0.998. The molecule has 0 aliphatic heterocycles. The van der Waals surface area contributed by atoms with Crippen molar-refractivity contribution >= 4 is 11.6 Å². The van der Waals surface area contributed by atoms with Gasteiger partial charge in [0.25, 0.3) is 0 Å². The Morgan fingerprint density at radius 2 is 1.82 bits per heavy atom. The van der Waals surface area contributed by atoms with Crippen LogP contribution in [0.3, 0.4) is 0 Å². The first-order chi connectivity index (χ1) is 7.99. The Labute approximate surface area is 105 Å². The molecular formula is C10H18ClN3O3. The second-order valence-electron chi connectivity index (χ2n) is 4.08. The van der Waals surface area contributed by atoms with Gasteiger partial charge < -0.3 is 15.3 Å². The predicted molar refractivity (Wildman–Crippen MR) is 63.8 cm³/mol. The highest BCUT2D eigenvalue weighted by molar-refractivity contribution is 6.31. The second-order valence-corrected chi connectivity index (χ2v) is 4.46. The van der Waals surface area contributed by atoms with Crippen LogP contribution in [0.5, 0.6) is 0 Å². The van der Waals surface area contributed by atoms with E-state index in [0.717, 1.165) is 5.69 Å². The molecule has 1 aromatic heterocycles. The molecule has 98 valence electrons. The van der Waals surface area contributed by atoms with E-state index in [0.29, 0.717) is 17.3 Å². The van der Waals surface area contributed by atoms with Crippen molar-refractivity contribution in [3.05, 3.63) is 16.4 Å². The number of hydrogen-bond donors (Lipinski definition) is 4. The van der Waals surface area contributed by atoms with E-state index in [1.54, 1.807) is 18.7 Å². The number of aryl methyl sites for hydroxylation is 2. The van der Waals surface area contributed by atoms with Gasteiger partial charge in [0.1, 0.15) is 0 Å². The normalized spacial score (nSPS) is 12.1. The van der Waals surface area contributed by atoms with Gasteiger partial charge in [-0.25, -0.2) is 0 Å². The molecule has 17 heavy (non-hydrogen) atoms. The maximum Gasteiger partial charge on any atom is 0.0884 e. The van der Waals surface area contributed by atoms with Crippen molar-refractivity contribution in [3.8, 4) is 0 Å². The van der Waals surface area contributed by atoms with Gasteiger partial charge in [0, 0.05) is 13.6 Å². The third-order valence-electron chi connectivity index (χ3n) is 2.80. The minimum absolute atomic E-state index is 0.303. The Morgan fingerprint density at radius 1 is 1.29 bits per heavy atom. The predicted octanol–water partition coefficient (Wildman–Crippen LogP) is -0.813. The molecule has 0 radical (unpaired) electrons. The van der Waals surface area contributed by atoms with Crippen LogP contribution in [0.15, 0.2) is 0 Å². The molecule has 0 amide bonds. The molecule has 0 saturated heterocycles. The third-order valence-corrected chi connectivity index (χ3v) is 3.29. The van der Waals surface area contributed by atoms with Gasteiger partial charge in [-0.2, -0.15) is 5.10 Å². The van der Waals surface area contributed by atoms with E-state index in [-0.39, 0.29) is 19.8 Å². The van der Waals surface area contributed by atoms with Crippen LogP contribution in [-0.2, 0) is 13.6 Å². The second kappa shape index (κ2) is 5.79. The van der Waals surface area contributed by atoms with Crippen molar-refractivity contribution in [3.63, 3.8) is 0 Å². The average Bonchev–Trinajstić information content (AvgIpc) is 2.57. The Morgan fingerprint density at radius 3 is 2.18 bits per heavy atom. The number of aromatic nitrogens is 2. The van der Waals surface area contributed by atoms with E-state index in [4.69, 9.17) is 26.9 Å². The summed E-state index contributed by atoms with van der Waals surface area (Å²) in [4.78, 5) is 0. The van der Waals surface area contributed by atoms with Crippen LogP contribution in [0, 0.1) is 6.92 Å². The summed E-state index contributed by atoms with van der Waals surface area (Å²) in [5.41, 5.74) is 0.346. The zero-order chi connectivity index (χ0) is 13.1. The standard InChI is InChI=1S/C10H18ClN3O3/c1-7-9(11)8(14(2)13-7)3-12-10(4-15,5-16)6-17/h12,15-17H,3-6H2,1-2H3. The quantitative estimate of drug-likeness (QED) is 0.539. The lowest BCUT2D eigenvalue weighted by molar-refractivity contribution is 0.0409. The fourth-order valence-corrected chi connectivity index (χ4v) is 1.69. The van der Waals surface area contributed by atoms with Crippen LogP contribution in [-0.4, -0.2) is 50.5 Å². The average molecular weight is 264 g/mol. The molecule has 6 nitrogen and oxygen atoms in total. The Balaban J connectivity index is 2.79. The molecule has 0 aliphatic carbocycles. The summed E-state index contributed by atoms with van der Waals surface area (Å²) in [5, 5.41) is 35.1. The first-order valence-corrected chi connectivity index (χ1v) is 5.63. The van der Waals surface area contributed by atoms with E-state index in [1.807, 2.05) is 0 Å². The van der Waals surface area contributed by atoms with Gasteiger partial charge in [0.15, 0.2) is 0 Å². The van der Waals surface area contributed by atoms with Gasteiger partial charge in [-0.05, 0) is 6.92 Å².